The van der Waals surface area contributed by atoms with Gasteiger partial charge in [0, 0.05) is 19.9 Å². The van der Waals surface area contributed by atoms with E-state index in [0.717, 1.165) is 26.2 Å². The van der Waals surface area contributed by atoms with Crippen molar-refractivity contribution in [2.75, 3.05) is 7.11 Å². The molecule has 2 aromatic heterocycles. The first-order chi connectivity index (χ1) is 21.5. The van der Waals surface area contributed by atoms with Crippen molar-refractivity contribution in [2.45, 2.75) is 6.61 Å². The van der Waals surface area contributed by atoms with E-state index in [1.165, 1.54) is 4.68 Å². The van der Waals surface area contributed by atoms with Gasteiger partial charge in [-0.25, -0.2) is 4.98 Å². The van der Waals surface area contributed by atoms with Crippen LogP contribution in [-0.4, -0.2) is 23.0 Å². The number of nitrogens with zero attached hydrogens (tertiary/aromatic N) is 3. The zero-order valence-corrected chi connectivity index (χ0v) is 26.5. The van der Waals surface area contributed by atoms with E-state index in [4.69, 9.17) is 18.9 Å². The van der Waals surface area contributed by atoms with Gasteiger partial charge in [0.1, 0.15) is 12.2 Å². The van der Waals surface area contributed by atoms with Gasteiger partial charge in [-0.15, -0.1) is 0 Å². The highest BCUT2D eigenvalue weighted by Gasteiger charge is 2.17. The Bertz CT molecular complexity index is 2290. The van der Waals surface area contributed by atoms with Crippen molar-refractivity contribution in [3.8, 4) is 23.1 Å². The number of hydrogen-bond acceptors (Lipinski definition) is 6. The van der Waals surface area contributed by atoms with Crippen LogP contribution in [0.2, 0.25) is 0 Å². The minimum Gasteiger partial charge on any atom is -0.493 e. The predicted molar refractivity (Wildman–Crippen MR) is 181 cm³/mol. The van der Waals surface area contributed by atoms with Crippen molar-refractivity contribution in [2.24, 2.45) is 5.10 Å². The number of furan rings is 1. The first-order valence-electron chi connectivity index (χ1n) is 13.7. The lowest BCUT2D eigenvalue weighted by atomic mass is 10.1. The molecule has 0 radical (unpaired) electrons. The molecule has 0 spiro atoms. The van der Waals surface area contributed by atoms with E-state index in [1.807, 2.05) is 60.7 Å². The number of fused-ring (bicyclic) bond motifs is 3. The molecule has 216 valence electrons. The number of para-hydroxylation sites is 1. The molecule has 0 aliphatic carbocycles. The van der Waals surface area contributed by atoms with Crippen LogP contribution in [0.3, 0.4) is 0 Å². The molecule has 0 fully saturated rings. The van der Waals surface area contributed by atoms with Crippen molar-refractivity contribution in [1.82, 2.24) is 9.66 Å². The largest absolute Gasteiger partial charge is 0.493 e. The zero-order valence-electron chi connectivity index (χ0n) is 23.3. The second-order valence-corrected chi connectivity index (χ2v) is 11.8. The van der Waals surface area contributed by atoms with E-state index in [0.29, 0.717) is 50.4 Å². The molecular formula is C35H23Br2N3O4. The highest BCUT2D eigenvalue weighted by Crippen LogP contribution is 2.34. The first kappa shape index (κ1) is 28.1. The summed E-state index contributed by atoms with van der Waals surface area (Å²) in [5.74, 6) is 1.81. The van der Waals surface area contributed by atoms with Crippen LogP contribution in [0, 0.1) is 0 Å². The third-order valence-electron chi connectivity index (χ3n) is 7.31. The van der Waals surface area contributed by atoms with Crippen LogP contribution in [-0.2, 0) is 6.61 Å². The topological polar surface area (TPSA) is 78.9 Å². The number of benzene rings is 5. The number of aromatic nitrogens is 2. The smallest absolute Gasteiger partial charge is 0.282 e. The fourth-order valence-corrected chi connectivity index (χ4v) is 5.93. The predicted octanol–water partition coefficient (Wildman–Crippen LogP) is 8.96. The molecule has 5 aromatic carbocycles. The maximum atomic E-state index is 13.7. The molecule has 7 nitrogen and oxygen atoms in total. The number of halogens is 2. The maximum absolute atomic E-state index is 13.7. The third-order valence-corrected chi connectivity index (χ3v) is 8.49. The number of ether oxygens (including phenoxy) is 2. The lowest BCUT2D eigenvalue weighted by molar-refractivity contribution is 0.285. The Morgan fingerprint density at radius 1 is 0.864 bits per heavy atom. The molecule has 0 bridgehead atoms. The zero-order chi connectivity index (χ0) is 30.2. The average Bonchev–Trinajstić information content (AvgIpc) is 3.47. The lowest BCUT2D eigenvalue weighted by Crippen LogP contribution is -2.20. The molecule has 0 saturated heterocycles. The summed E-state index contributed by atoms with van der Waals surface area (Å²) in [7, 11) is 1.59. The summed E-state index contributed by atoms with van der Waals surface area (Å²) in [5.41, 5.74) is 2.66. The molecule has 2 heterocycles. The Labute approximate surface area is 268 Å². The molecule has 9 heteroatoms. The summed E-state index contributed by atoms with van der Waals surface area (Å²) in [4.78, 5) is 18.5. The quantitative estimate of drug-likeness (QED) is 0.155. The second-order valence-electron chi connectivity index (χ2n) is 10.1. The van der Waals surface area contributed by atoms with Gasteiger partial charge < -0.3 is 13.9 Å². The molecule has 0 atom stereocenters. The normalized spacial score (nSPS) is 11.6. The first-order valence-corrected chi connectivity index (χ1v) is 15.3. The van der Waals surface area contributed by atoms with Gasteiger partial charge in [-0.2, -0.15) is 9.78 Å². The van der Waals surface area contributed by atoms with Crippen LogP contribution in [0.1, 0.15) is 11.1 Å². The Morgan fingerprint density at radius 2 is 1.66 bits per heavy atom. The van der Waals surface area contributed by atoms with Gasteiger partial charge in [-0.05, 0) is 80.8 Å². The fraction of sp³-hybridized carbons (Fsp3) is 0.0571. The molecule has 44 heavy (non-hydrogen) atoms. The van der Waals surface area contributed by atoms with Crippen LogP contribution in [0.4, 0.5) is 0 Å². The minimum absolute atomic E-state index is 0.287. The molecule has 0 aliphatic heterocycles. The summed E-state index contributed by atoms with van der Waals surface area (Å²) in [6, 6.07) is 32.8. The number of rotatable bonds is 7. The van der Waals surface area contributed by atoms with Crippen LogP contribution in [0.25, 0.3) is 44.2 Å². The monoisotopic (exact) mass is 707 g/mol. The molecule has 0 aliphatic rings. The fourth-order valence-electron chi connectivity index (χ4n) is 5.13. The number of methoxy groups -OCH3 is 1. The van der Waals surface area contributed by atoms with Gasteiger partial charge in [-0.3, -0.25) is 4.79 Å². The van der Waals surface area contributed by atoms with E-state index in [9.17, 15) is 4.79 Å². The Balaban J connectivity index is 1.26. The van der Waals surface area contributed by atoms with Gasteiger partial charge in [-0.1, -0.05) is 70.5 Å². The van der Waals surface area contributed by atoms with Crippen molar-refractivity contribution in [1.29, 1.82) is 0 Å². The Hall–Kier alpha value is -4.73. The minimum atomic E-state index is -0.318. The third kappa shape index (κ3) is 5.29. The molecule has 7 aromatic rings. The van der Waals surface area contributed by atoms with E-state index < -0.39 is 0 Å². The van der Waals surface area contributed by atoms with Crippen LogP contribution in [0.5, 0.6) is 11.5 Å². The molecule has 0 saturated carbocycles. The summed E-state index contributed by atoms with van der Waals surface area (Å²) >= 11 is 7.15. The number of hydrogen-bond donors (Lipinski definition) is 0. The van der Waals surface area contributed by atoms with Crippen LogP contribution in [0.15, 0.2) is 126 Å². The van der Waals surface area contributed by atoms with E-state index >= 15 is 0 Å². The van der Waals surface area contributed by atoms with Crippen molar-refractivity contribution in [3.63, 3.8) is 0 Å². The summed E-state index contributed by atoms with van der Waals surface area (Å²) in [5, 5.41) is 8.22. The van der Waals surface area contributed by atoms with E-state index in [-0.39, 0.29) is 11.4 Å². The van der Waals surface area contributed by atoms with Crippen LogP contribution >= 0.6 is 31.9 Å². The van der Waals surface area contributed by atoms with Gasteiger partial charge in [0.05, 0.1) is 24.2 Å². The summed E-state index contributed by atoms with van der Waals surface area (Å²) in [6.07, 6.45) is 1.59. The van der Waals surface area contributed by atoms with Gasteiger partial charge >= 0.3 is 0 Å². The van der Waals surface area contributed by atoms with E-state index in [2.05, 4.69) is 61.2 Å². The van der Waals surface area contributed by atoms with Crippen molar-refractivity contribution >= 4 is 70.7 Å². The van der Waals surface area contributed by atoms with Crippen molar-refractivity contribution in [3.05, 3.63) is 134 Å². The Morgan fingerprint density at radius 3 is 2.52 bits per heavy atom. The average molecular weight is 709 g/mol. The summed E-state index contributed by atoms with van der Waals surface area (Å²) < 4.78 is 20.9. The lowest BCUT2D eigenvalue weighted by Gasteiger charge is -2.14. The van der Waals surface area contributed by atoms with Gasteiger partial charge in [0.25, 0.3) is 5.56 Å². The standard InChI is InChI=1S/C35H23Br2N3O4/c1-42-31-17-24(28(37)18-32(31)43-20-22-9-6-8-21-7-2-3-10-26(21)22)19-38-40-34(39-29-12-5-4-11-27(29)35(40)41)33-16-23-15-25(36)13-14-30(23)44-33/h2-19H,20H2,1H3. The Kier molecular flexibility index (Phi) is 7.49. The molecule has 0 amide bonds. The summed E-state index contributed by atoms with van der Waals surface area (Å²) in [6.45, 7) is 0.368. The van der Waals surface area contributed by atoms with Crippen molar-refractivity contribution < 1.29 is 13.9 Å². The van der Waals surface area contributed by atoms with Gasteiger partial charge in [0.15, 0.2) is 17.3 Å². The SMILES string of the molecule is COc1cc(C=Nn2c(-c3cc4cc(Br)ccc4o3)nc3ccccc3c2=O)c(Br)cc1OCc1cccc2ccccc12. The maximum Gasteiger partial charge on any atom is 0.282 e. The molecule has 0 N–H and O–H groups in total. The van der Waals surface area contributed by atoms with Crippen LogP contribution < -0.4 is 15.0 Å². The highest BCUT2D eigenvalue weighted by molar-refractivity contribution is 9.10. The molecular weight excluding hydrogens is 686 g/mol. The molecule has 0 unspecified atom stereocenters. The molecule has 7 rings (SSSR count). The van der Waals surface area contributed by atoms with E-state index in [1.54, 1.807) is 31.5 Å². The second kappa shape index (κ2) is 11.7. The highest BCUT2D eigenvalue weighted by atomic mass is 79.9. The van der Waals surface area contributed by atoms with Gasteiger partial charge in [0.2, 0.25) is 5.82 Å².